The van der Waals surface area contributed by atoms with Crippen molar-refractivity contribution >= 4 is 18.0 Å². The molecule has 26 heavy (non-hydrogen) atoms. The Morgan fingerprint density at radius 2 is 1.85 bits per heavy atom. The van der Waals surface area contributed by atoms with Crippen molar-refractivity contribution in [1.82, 2.24) is 5.32 Å². The Balaban J connectivity index is 1.80. The maximum atomic E-state index is 13.4. The lowest BCUT2D eigenvalue weighted by Crippen LogP contribution is -2.30. The molecule has 2 aromatic rings. The van der Waals surface area contributed by atoms with Crippen LogP contribution in [-0.2, 0) is 20.7 Å². The average Bonchev–Trinajstić information content (AvgIpc) is 2.65. The second-order valence-corrected chi connectivity index (χ2v) is 5.85. The smallest absolute Gasteiger partial charge is 0.331 e. The van der Waals surface area contributed by atoms with Gasteiger partial charge in [0.15, 0.2) is 6.61 Å². The van der Waals surface area contributed by atoms with E-state index >= 15 is 0 Å². The van der Waals surface area contributed by atoms with Crippen LogP contribution in [-0.4, -0.2) is 18.5 Å². The molecule has 0 aliphatic heterocycles. The van der Waals surface area contributed by atoms with Gasteiger partial charge in [0.05, 0.1) is 6.04 Å². The van der Waals surface area contributed by atoms with Crippen LogP contribution in [0.1, 0.15) is 36.6 Å². The Morgan fingerprint density at radius 3 is 2.50 bits per heavy atom. The van der Waals surface area contributed by atoms with Crippen molar-refractivity contribution in [3.8, 4) is 0 Å². The zero-order chi connectivity index (χ0) is 18.9. The highest BCUT2D eigenvalue weighted by molar-refractivity contribution is 5.89. The van der Waals surface area contributed by atoms with Crippen molar-refractivity contribution in [3.63, 3.8) is 0 Å². The number of amides is 1. The third-order valence-electron chi connectivity index (χ3n) is 3.92. The van der Waals surface area contributed by atoms with Crippen LogP contribution in [0.2, 0.25) is 0 Å². The molecule has 5 heteroatoms. The summed E-state index contributed by atoms with van der Waals surface area (Å²) in [5, 5.41) is 2.77. The molecule has 0 fully saturated rings. The van der Waals surface area contributed by atoms with Gasteiger partial charge in [-0.05, 0) is 36.6 Å². The fourth-order valence-corrected chi connectivity index (χ4v) is 2.36. The summed E-state index contributed by atoms with van der Waals surface area (Å²) in [4.78, 5) is 23.6. The summed E-state index contributed by atoms with van der Waals surface area (Å²) >= 11 is 0. The highest BCUT2D eigenvalue weighted by Crippen LogP contribution is 2.13. The van der Waals surface area contributed by atoms with Gasteiger partial charge in [0, 0.05) is 11.6 Å². The van der Waals surface area contributed by atoms with Gasteiger partial charge in [-0.25, -0.2) is 9.18 Å². The van der Waals surface area contributed by atoms with Crippen molar-refractivity contribution in [3.05, 3.63) is 77.1 Å². The van der Waals surface area contributed by atoms with Crippen LogP contribution >= 0.6 is 0 Å². The number of ether oxygens (including phenoxy) is 1. The van der Waals surface area contributed by atoms with Crippen LogP contribution < -0.4 is 5.32 Å². The van der Waals surface area contributed by atoms with E-state index in [1.165, 1.54) is 23.8 Å². The number of halogens is 1. The van der Waals surface area contributed by atoms with E-state index in [9.17, 15) is 14.0 Å². The minimum atomic E-state index is -0.705. The molecule has 136 valence electrons. The molecule has 0 aliphatic rings. The largest absolute Gasteiger partial charge is 0.452 e. The number of aryl methyl sites for hydroxylation is 1. The molecule has 2 aromatic carbocycles. The van der Waals surface area contributed by atoms with E-state index in [-0.39, 0.29) is 11.6 Å². The minimum Gasteiger partial charge on any atom is -0.452 e. The van der Waals surface area contributed by atoms with E-state index < -0.39 is 24.3 Å². The topological polar surface area (TPSA) is 55.4 Å². The average molecular weight is 355 g/mol. The molecule has 0 saturated carbocycles. The molecule has 1 N–H and O–H groups in total. The van der Waals surface area contributed by atoms with Crippen molar-refractivity contribution in [1.29, 1.82) is 0 Å². The van der Waals surface area contributed by atoms with Gasteiger partial charge in [-0.15, -0.1) is 0 Å². The standard InChI is InChI=1S/C21H22FNO3/c1-3-16-8-10-17(11-9-16)15(2)23-20(24)14-26-21(25)13-12-18-6-4-5-7-19(18)22/h4-13,15H,3,14H2,1-2H3,(H,23,24)/b13-12+/t15-/m1/s1. The van der Waals surface area contributed by atoms with E-state index in [0.29, 0.717) is 0 Å². The van der Waals surface area contributed by atoms with Gasteiger partial charge >= 0.3 is 5.97 Å². The molecule has 0 radical (unpaired) electrons. The third kappa shape index (κ3) is 5.84. The molecule has 0 aromatic heterocycles. The number of esters is 1. The summed E-state index contributed by atoms with van der Waals surface area (Å²) in [5.41, 5.74) is 2.47. The van der Waals surface area contributed by atoms with Crippen molar-refractivity contribution in [2.24, 2.45) is 0 Å². The zero-order valence-electron chi connectivity index (χ0n) is 14.9. The molecular weight excluding hydrogens is 333 g/mol. The van der Waals surface area contributed by atoms with Crippen LogP contribution in [0.15, 0.2) is 54.6 Å². The van der Waals surface area contributed by atoms with E-state index in [1.807, 2.05) is 31.2 Å². The van der Waals surface area contributed by atoms with Crippen molar-refractivity contribution in [2.75, 3.05) is 6.61 Å². The Bertz CT molecular complexity index is 784. The lowest BCUT2D eigenvalue weighted by molar-refractivity contribution is -0.144. The SMILES string of the molecule is CCc1ccc([C@@H](C)NC(=O)COC(=O)/C=C/c2ccccc2F)cc1. The minimum absolute atomic E-state index is 0.193. The fraction of sp³-hybridized carbons (Fsp3) is 0.238. The lowest BCUT2D eigenvalue weighted by atomic mass is 10.1. The van der Waals surface area contributed by atoms with Gasteiger partial charge in [0.1, 0.15) is 5.82 Å². The zero-order valence-corrected chi connectivity index (χ0v) is 14.9. The maximum absolute atomic E-state index is 13.4. The summed E-state index contributed by atoms with van der Waals surface area (Å²) in [6, 6.07) is 13.8. The van der Waals surface area contributed by atoms with Crippen LogP contribution in [0, 0.1) is 5.82 Å². The molecule has 0 unspecified atom stereocenters. The van der Waals surface area contributed by atoms with Gasteiger partial charge in [0.2, 0.25) is 0 Å². The number of carbonyl (C=O) groups excluding carboxylic acids is 2. The number of nitrogens with one attached hydrogen (secondary N) is 1. The highest BCUT2D eigenvalue weighted by Gasteiger charge is 2.11. The molecule has 4 nitrogen and oxygen atoms in total. The third-order valence-corrected chi connectivity index (χ3v) is 3.92. The number of benzene rings is 2. The first-order chi connectivity index (χ1) is 12.5. The predicted molar refractivity (Wildman–Crippen MR) is 98.8 cm³/mol. The molecule has 1 atom stereocenters. The normalized spacial score (nSPS) is 12.0. The molecule has 2 rings (SSSR count). The number of hydrogen-bond acceptors (Lipinski definition) is 3. The quantitative estimate of drug-likeness (QED) is 0.607. The molecule has 0 saturated heterocycles. The van der Waals surface area contributed by atoms with Crippen molar-refractivity contribution < 1.29 is 18.7 Å². The van der Waals surface area contributed by atoms with E-state index in [1.54, 1.807) is 12.1 Å². The second kappa shape index (κ2) is 9.51. The second-order valence-electron chi connectivity index (χ2n) is 5.85. The first-order valence-corrected chi connectivity index (χ1v) is 8.47. The Labute approximate surface area is 152 Å². The van der Waals surface area contributed by atoms with E-state index in [2.05, 4.69) is 12.2 Å². The Kier molecular flexibility index (Phi) is 7.09. The summed E-state index contributed by atoms with van der Waals surface area (Å²) in [6.07, 6.45) is 3.36. The van der Waals surface area contributed by atoms with Gasteiger partial charge in [-0.3, -0.25) is 4.79 Å². The van der Waals surface area contributed by atoms with E-state index in [0.717, 1.165) is 18.1 Å². The van der Waals surface area contributed by atoms with Crippen LogP contribution in [0.25, 0.3) is 6.08 Å². The molecular formula is C21H22FNO3. The number of carbonyl (C=O) groups is 2. The Morgan fingerprint density at radius 1 is 1.15 bits per heavy atom. The first-order valence-electron chi connectivity index (χ1n) is 8.47. The fourth-order valence-electron chi connectivity index (χ4n) is 2.36. The van der Waals surface area contributed by atoms with E-state index in [4.69, 9.17) is 4.74 Å². The molecule has 1 amide bonds. The monoisotopic (exact) mass is 355 g/mol. The lowest BCUT2D eigenvalue weighted by Gasteiger charge is -2.14. The molecule has 0 heterocycles. The number of hydrogen-bond donors (Lipinski definition) is 1. The predicted octanol–water partition coefficient (Wildman–Crippen LogP) is 3.82. The van der Waals surface area contributed by atoms with Gasteiger partial charge in [-0.2, -0.15) is 0 Å². The van der Waals surface area contributed by atoms with Gasteiger partial charge in [-0.1, -0.05) is 49.4 Å². The van der Waals surface area contributed by atoms with Crippen molar-refractivity contribution in [2.45, 2.75) is 26.3 Å². The first kappa shape index (κ1) is 19.4. The Hall–Kier alpha value is -2.95. The summed E-state index contributed by atoms with van der Waals surface area (Å²) in [7, 11) is 0. The van der Waals surface area contributed by atoms with Gasteiger partial charge < -0.3 is 10.1 Å². The van der Waals surface area contributed by atoms with Crippen LogP contribution in [0.4, 0.5) is 4.39 Å². The van der Waals surface area contributed by atoms with Gasteiger partial charge in [0.25, 0.3) is 5.91 Å². The highest BCUT2D eigenvalue weighted by atomic mass is 19.1. The molecule has 0 aliphatic carbocycles. The maximum Gasteiger partial charge on any atom is 0.331 e. The summed E-state index contributed by atoms with van der Waals surface area (Å²) in [5.74, 6) is -1.54. The molecule has 0 bridgehead atoms. The summed E-state index contributed by atoms with van der Waals surface area (Å²) < 4.78 is 18.3. The molecule has 0 spiro atoms. The summed E-state index contributed by atoms with van der Waals surface area (Å²) in [6.45, 7) is 3.55. The van der Waals surface area contributed by atoms with Crippen LogP contribution in [0.5, 0.6) is 0 Å². The van der Waals surface area contributed by atoms with Crippen LogP contribution in [0.3, 0.4) is 0 Å². The number of rotatable bonds is 7.